The van der Waals surface area contributed by atoms with E-state index in [4.69, 9.17) is 9.47 Å². The molecule has 0 bridgehead atoms. The molecule has 8 heteroatoms. The van der Waals surface area contributed by atoms with Gasteiger partial charge in [0, 0.05) is 19.0 Å². The van der Waals surface area contributed by atoms with Crippen LogP contribution in [-0.4, -0.2) is 51.5 Å². The summed E-state index contributed by atoms with van der Waals surface area (Å²) in [6.07, 6.45) is 0.985. The van der Waals surface area contributed by atoms with Gasteiger partial charge in [0.15, 0.2) is 0 Å². The maximum absolute atomic E-state index is 12.9. The molecule has 0 aromatic heterocycles. The molecule has 1 saturated heterocycles. The Balaban J connectivity index is 1.49. The van der Waals surface area contributed by atoms with Gasteiger partial charge in [-0.1, -0.05) is 18.2 Å². The standard InChI is InChI=1S/C23H30N2O5S/c1-17-6-4-5-7-22(17)30-16-18(2)24-23(26)19-12-14-25(15-13-19)31(27,28)21-10-8-20(29-3)9-11-21/h4-11,18-19H,12-16H2,1-3H3,(H,24,26)/t18-/m0/s1. The Kier molecular flexibility index (Phi) is 7.56. The molecular weight excluding hydrogens is 416 g/mol. The summed E-state index contributed by atoms with van der Waals surface area (Å²) in [5, 5.41) is 2.99. The smallest absolute Gasteiger partial charge is 0.243 e. The number of carbonyl (C=O) groups excluding carboxylic acids is 1. The van der Waals surface area contributed by atoms with E-state index in [0.717, 1.165) is 11.3 Å². The number of ether oxygens (including phenoxy) is 2. The van der Waals surface area contributed by atoms with Crippen molar-refractivity contribution in [3.63, 3.8) is 0 Å². The first kappa shape index (κ1) is 23.1. The van der Waals surface area contributed by atoms with Crippen LogP contribution in [0.3, 0.4) is 0 Å². The molecule has 1 heterocycles. The van der Waals surface area contributed by atoms with Gasteiger partial charge in [-0.15, -0.1) is 0 Å². The second-order valence-corrected chi connectivity index (χ2v) is 9.78. The normalized spacial score (nSPS) is 16.5. The minimum atomic E-state index is -3.58. The van der Waals surface area contributed by atoms with Crippen LogP contribution in [0.5, 0.6) is 11.5 Å². The van der Waals surface area contributed by atoms with E-state index in [-0.39, 0.29) is 22.8 Å². The number of nitrogens with zero attached hydrogens (tertiary/aromatic N) is 1. The number of hydrogen-bond donors (Lipinski definition) is 1. The van der Waals surface area contributed by atoms with Crippen LogP contribution in [0.2, 0.25) is 0 Å². The number of hydrogen-bond acceptors (Lipinski definition) is 5. The topological polar surface area (TPSA) is 84.9 Å². The second-order valence-electron chi connectivity index (χ2n) is 7.84. The van der Waals surface area contributed by atoms with Gasteiger partial charge in [0.05, 0.1) is 18.0 Å². The number of sulfonamides is 1. The van der Waals surface area contributed by atoms with Gasteiger partial charge in [0.25, 0.3) is 0 Å². The molecule has 1 aliphatic heterocycles. The average molecular weight is 447 g/mol. The van der Waals surface area contributed by atoms with E-state index in [1.807, 2.05) is 38.1 Å². The van der Waals surface area contributed by atoms with Crippen molar-refractivity contribution < 1.29 is 22.7 Å². The molecule has 3 rings (SSSR count). The zero-order valence-corrected chi connectivity index (χ0v) is 19.0. The monoisotopic (exact) mass is 446 g/mol. The third kappa shape index (κ3) is 5.77. The fourth-order valence-electron chi connectivity index (χ4n) is 3.59. The summed E-state index contributed by atoms with van der Waals surface area (Å²) in [5.74, 6) is 1.15. The van der Waals surface area contributed by atoms with Gasteiger partial charge in [-0.3, -0.25) is 4.79 Å². The van der Waals surface area contributed by atoms with Gasteiger partial charge >= 0.3 is 0 Å². The SMILES string of the molecule is COc1ccc(S(=O)(=O)N2CCC(C(=O)N[C@@H](C)COc3ccccc3C)CC2)cc1. The third-order valence-electron chi connectivity index (χ3n) is 5.49. The van der Waals surface area contributed by atoms with Crippen LogP contribution in [0.25, 0.3) is 0 Å². The predicted octanol–water partition coefficient (Wildman–Crippen LogP) is 2.99. The molecule has 168 valence electrons. The fraction of sp³-hybridized carbons (Fsp3) is 0.435. The van der Waals surface area contributed by atoms with Crippen LogP contribution in [0.15, 0.2) is 53.4 Å². The molecule has 7 nitrogen and oxygen atoms in total. The second kappa shape index (κ2) is 10.2. The van der Waals surface area contributed by atoms with Crippen LogP contribution in [0.1, 0.15) is 25.3 Å². The number of para-hydroxylation sites is 1. The number of amides is 1. The summed E-state index contributed by atoms with van der Waals surface area (Å²) in [4.78, 5) is 12.9. The summed E-state index contributed by atoms with van der Waals surface area (Å²) in [7, 11) is -2.04. The van der Waals surface area contributed by atoms with Gasteiger partial charge < -0.3 is 14.8 Å². The predicted molar refractivity (Wildman–Crippen MR) is 119 cm³/mol. The van der Waals surface area contributed by atoms with Crippen LogP contribution in [0.4, 0.5) is 0 Å². The minimum Gasteiger partial charge on any atom is -0.497 e. The van der Waals surface area contributed by atoms with Crippen molar-refractivity contribution in [2.24, 2.45) is 5.92 Å². The number of methoxy groups -OCH3 is 1. The average Bonchev–Trinajstić information content (AvgIpc) is 2.78. The summed E-state index contributed by atoms with van der Waals surface area (Å²) < 4.78 is 38.0. The number of aryl methyl sites for hydroxylation is 1. The molecule has 0 unspecified atom stereocenters. The van der Waals surface area contributed by atoms with Crippen molar-refractivity contribution in [2.45, 2.75) is 37.6 Å². The molecule has 1 fully saturated rings. The van der Waals surface area contributed by atoms with Gasteiger partial charge in [0.2, 0.25) is 15.9 Å². The molecule has 0 saturated carbocycles. The molecule has 1 amide bonds. The Hall–Kier alpha value is -2.58. The number of nitrogens with one attached hydrogen (secondary N) is 1. The summed E-state index contributed by atoms with van der Waals surface area (Å²) >= 11 is 0. The highest BCUT2D eigenvalue weighted by atomic mass is 32.2. The molecule has 2 aromatic rings. The highest BCUT2D eigenvalue weighted by Gasteiger charge is 2.32. The van der Waals surface area contributed by atoms with E-state index in [1.165, 1.54) is 11.4 Å². The minimum absolute atomic E-state index is 0.0534. The first-order valence-electron chi connectivity index (χ1n) is 10.4. The van der Waals surface area contributed by atoms with Crippen molar-refractivity contribution in [1.29, 1.82) is 0 Å². The number of rotatable bonds is 8. The lowest BCUT2D eigenvalue weighted by atomic mass is 9.97. The molecule has 1 aliphatic rings. The lowest BCUT2D eigenvalue weighted by Crippen LogP contribution is -2.45. The first-order valence-corrected chi connectivity index (χ1v) is 11.9. The van der Waals surface area contributed by atoms with Gasteiger partial charge in [-0.2, -0.15) is 4.31 Å². The molecular formula is C23H30N2O5S. The Bertz CT molecular complexity index is 983. The van der Waals surface area contributed by atoms with Gasteiger partial charge in [-0.25, -0.2) is 8.42 Å². The molecule has 31 heavy (non-hydrogen) atoms. The maximum atomic E-state index is 12.9. The summed E-state index contributed by atoms with van der Waals surface area (Å²) in [5.41, 5.74) is 1.05. The Labute approximate surface area is 184 Å². The van der Waals surface area contributed by atoms with Crippen LogP contribution in [0, 0.1) is 12.8 Å². The maximum Gasteiger partial charge on any atom is 0.243 e. The molecule has 1 atom stereocenters. The van der Waals surface area contributed by atoms with Crippen LogP contribution < -0.4 is 14.8 Å². The molecule has 1 N–H and O–H groups in total. The Morgan fingerprint density at radius 3 is 2.39 bits per heavy atom. The third-order valence-corrected chi connectivity index (χ3v) is 7.41. The Morgan fingerprint density at radius 1 is 1.13 bits per heavy atom. The van der Waals surface area contributed by atoms with Crippen molar-refractivity contribution >= 4 is 15.9 Å². The molecule has 0 aliphatic carbocycles. The van der Waals surface area contributed by atoms with E-state index in [0.29, 0.717) is 38.3 Å². The highest BCUT2D eigenvalue weighted by molar-refractivity contribution is 7.89. The largest absolute Gasteiger partial charge is 0.497 e. The van der Waals surface area contributed by atoms with E-state index in [1.54, 1.807) is 24.3 Å². The lowest BCUT2D eigenvalue weighted by Gasteiger charge is -2.31. The highest BCUT2D eigenvalue weighted by Crippen LogP contribution is 2.25. The van der Waals surface area contributed by atoms with Crippen molar-refractivity contribution in [3.05, 3.63) is 54.1 Å². The zero-order chi connectivity index (χ0) is 22.4. The summed E-state index contributed by atoms with van der Waals surface area (Å²) in [6.45, 7) is 4.90. The van der Waals surface area contributed by atoms with E-state index in [2.05, 4.69) is 5.32 Å². The first-order chi connectivity index (χ1) is 14.8. The van der Waals surface area contributed by atoms with Crippen LogP contribution in [-0.2, 0) is 14.8 Å². The molecule has 0 radical (unpaired) electrons. The van der Waals surface area contributed by atoms with Gasteiger partial charge in [-0.05, 0) is 62.6 Å². The Morgan fingerprint density at radius 2 is 1.77 bits per heavy atom. The fourth-order valence-corrected chi connectivity index (χ4v) is 5.06. The lowest BCUT2D eigenvalue weighted by molar-refractivity contribution is -0.126. The number of benzene rings is 2. The molecule has 2 aromatic carbocycles. The quantitative estimate of drug-likeness (QED) is 0.674. The van der Waals surface area contributed by atoms with Crippen molar-refractivity contribution in [1.82, 2.24) is 9.62 Å². The summed E-state index contributed by atoms with van der Waals surface area (Å²) in [6, 6.07) is 14.0. The molecule has 0 spiro atoms. The zero-order valence-electron chi connectivity index (χ0n) is 18.2. The van der Waals surface area contributed by atoms with Crippen LogP contribution >= 0.6 is 0 Å². The van der Waals surface area contributed by atoms with E-state index < -0.39 is 10.0 Å². The van der Waals surface area contributed by atoms with Crippen molar-refractivity contribution in [2.75, 3.05) is 26.8 Å². The van der Waals surface area contributed by atoms with Gasteiger partial charge in [0.1, 0.15) is 18.1 Å². The van der Waals surface area contributed by atoms with E-state index in [9.17, 15) is 13.2 Å². The van der Waals surface area contributed by atoms with Crippen molar-refractivity contribution in [3.8, 4) is 11.5 Å². The van der Waals surface area contributed by atoms with E-state index >= 15 is 0 Å². The number of carbonyl (C=O) groups is 1. The number of piperidine rings is 1.